The van der Waals surface area contributed by atoms with Gasteiger partial charge in [-0.05, 0) is 37.1 Å². The zero-order valence-corrected chi connectivity index (χ0v) is 17.8. The van der Waals surface area contributed by atoms with E-state index in [1.807, 2.05) is 50.6 Å². The molecule has 1 aromatic carbocycles. The fraction of sp³-hybridized carbons (Fsp3) is 0.250. The third-order valence-corrected chi connectivity index (χ3v) is 4.71. The molecule has 30 heavy (non-hydrogen) atoms. The monoisotopic (exact) mass is 401 g/mol. The van der Waals surface area contributed by atoms with E-state index in [1.165, 1.54) is 5.56 Å². The van der Waals surface area contributed by atoms with Crippen LogP contribution in [-0.4, -0.2) is 25.4 Å². The molecule has 154 valence electrons. The summed E-state index contributed by atoms with van der Waals surface area (Å²) in [7, 11) is 0. The number of benzene rings is 1. The Balaban J connectivity index is 0.000000377. The van der Waals surface area contributed by atoms with Crippen molar-refractivity contribution >= 4 is 17.2 Å². The number of hydrogen-bond donors (Lipinski definition) is 1. The number of fused-ring (bicyclic) bond motifs is 1. The molecule has 0 unspecified atom stereocenters. The molecule has 0 saturated heterocycles. The van der Waals surface area contributed by atoms with Crippen molar-refractivity contribution in [3.05, 3.63) is 78.4 Å². The molecule has 6 heteroatoms. The minimum Gasteiger partial charge on any atom is -0.366 e. The van der Waals surface area contributed by atoms with E-state index in [-0.39, 0.29) is 11.7 Å². The standard InChI is InChI=1S/C19H17N5.C5H10O/c1-14-4-2-6-16(10-14)17-13-22-24-9-7-18(23-19(17)24)21-12-15-5-3-8-20-11-15;1-4(2)5(3)6/h2-11,13H,12H2,1H3,(H,21,23);4H,1-3H3. The molecule has 0 amide bonds. The van der Waals surface area contributed by atoms with Crippen LogP contribution in [0.1, 0.15) is 31.9 Å². The maximum atomic E-state index is 10.1. The van der Waals surface area contributed by atoms with Crippen molar-refractivity contribution in [2.75, 3.05) is 5.32 Å². The van der Waals surface area contributed by atoms with E-state index in [0.717, 1.165) is 28.2 Å². The Morgan fingerprint density at radius 2 is 1.93 bits per heavy atom. The second-order valence-corrected chi connectivity index (χ2v) is 7.49. The van der Waals surface area contributed by atoms with Crippen LogP contribution < -0.4 is 5.32 Å². The molecule has 0 saturated carbocycles. The quantitative estimate of drug-likeness (QED) is 0.513. The van der Waals surface area contributed by atoms with Crippen molar-refractivity contribution in [2.24, 2.45) is 5.92 Å². The third kappa shape index (κ3) is 5.50. The first-order valence-electron chi connectivity index (χ1n) is 9.98. The first-order chi connectivity index (χ1) is 14.4. The van der Waals surface area contributed by atoms with Gasteiger partial charge in [-0.2, -0.15) is 5.10 Å². The van der Waals surface area contributed by atoms with Crippen molar-refractivity contribution < 1.29 is 4.79 Å². The molecule has 3 heterocycles. The Morgan fingerprint density at radius 1 is 1.13 bits per heavy atom. The number of anilines is 1. The maximum absolute atomic E-state index is 10.1. The van der Waals surface area contributed by atoms with E-state index in [4.69, 9.17) is 4.98 Å². The molecule has 0 spiro atoms. The van der Waals surface area contributed by atoms with E-state index in [2.05, 4.69) is 46.6 Å². The molecule has 0 radical (unpaired) electrons. The lowest BCUT2D eigenvalue weighted by atomic mass is 10.1. The number of pyridine rings is 1. The van der Waals surface area contributed by atoms with Crippen LogP contribution in [-0.2, 0) is 11.3 Å². The molecule has 0 aliphatic carbocycles. The van der Waals surface area contributed by atoms with Crippen LogP contribution in [0.3, 0.4) is 0 Å². The van der Waals surface area contributed by atoms with Crippen LogP contribution in [0, 0.1) is 12.8 Å². The van der Waals surface area contributed by atoms with Gasteiger partial charge in [0, 0.05) is 36.6 Å². The molecular weight excluding hydrogens is 374 g/mol. The van der Waals surface area contributed by atoms with Crippen molar-refractivity contribution in [1.82, 2.24) is 19.6 Å². The van der Waals surface area contributed by atoms with Crippen LogP contribution in [0.4, 0.5) is 5.82 Å². The van der Waals surface area contributed by atoms with Gasteiger partial charge in [0.25, 0.3) is 0 Å². The molecule has 0 bridgehead atoms. The molecule has 0 aliphatic rings. The summed E-state index contributed by atoms with van der Waals surface area (Å²) < 4.78 is 1.80. The fourth-order valence-corrected chi connectivity index (χ4v) is 2.68. The Labute approximate surface area is 177 Å². The van der Waals surface area contributed by atoms with Crippen molar-refractivity contribution in [3.8, 4) is 11.1 Å². The molecule has 4 aromatic rings. The summed E-state index contributed by atoms with van der Waals surface area (Å²) in [6.07, 6.45) is 7.41. The number of aryl methyl sites for hydroxylation is 1. The number of Topliss-reactive ketones (excluding diaryl/α,β-unsaturated/α-hetero) is 1. The number of ketones is 1. The molecule has 4 rings (SSSR count). The van der Waals surface area contributed by atoms with Crippen LogP contribution in [0.25, 0.3) is 16.8 Å². The van der Waals surface area contributed by atoms with Gasteiger partial charge < -0.3 is 5.32 Å². The zero-order valence-electron chi connectivity index (χ0n) is 17.8. The molecule has 6 nitrogen and oxygen atoms in total. The van der Waals surface area contributed by atoms with E-state index < -0.39 is 0 Å². The van der Waals surface area contributed by atoms with Crippen LogP contribution >= 0.6 is 0 Å². The van der Waals surface area contributed by atoms with Crippen LogP contribution in [0.15, 0.2) is 67.3 Å². The number of nitrogens with zero attached hydrogens (tertiary/aromatic N) is 4. The first kappa shape index (κ1) is 21.2. The number of nitrogens with one attached hydrogen (secondary N) is 1. The molecule has 0 aliphatic heterocycles. The van der Waals surface area contributed by atoms with Crippen molar-refractivity contribution in [2.45, 2.75) is 34.2 Å². The summed E-state index contributed by atoms with van der Waals surface area (Å²) in [6.45, 7) is 8.16. The zero-order chi connectivity index (χ0) is 21.5. The number of hydrogen-bond acceptors (Lipinski definition) is 5. The highest BCUT2D eigenvalue weighted by atomic mass is 16.1. The lowest BCUT2D eigenvalue weighted by Gasteiger charge is -2.06. The SMILES string of the molecule is CC(=O)C(C)C.Cc1cccc(-c2cnn3ccc(NCc4cccnc4)nc23)c1. The summed E-state index contributed by atoms with van der Waals surface area (Å²) in [6, 6.07) is 14.3. The number of rotatable bonds is 5. The first-order valence-corrected chi connectivity index (χ1v) is 9.98. The number of aromatic nitrogens is 4. The van der Waals surface area contributed by atoms with E-state index in [1.54, 1.807) is 17.6 Å². The minimum absolute atomic E-state index is 0.213. The topological polar surface area (TPSA) is 72.2 Å². The van der Waals surface area contributed by atoms with E-state index in [9.17, 15) is 4.79 Å². The van der Waals surface area contributed by atoms with Crippen molar-refractivity contribution in [3.63, 3.8) is 0 Å². The lowest BCUT2D eigenvalue weighted by molar-refractivity contribution is -0.119. The molecule has 0 atom stereocenters. The van der Waals surface area contributed by atoms with Gasteiger partial charge >= 0.3 is 0 Å². The van der Waals surface area contributed by atoms with Gasteiger partial charge in [-0.25, -0.2) is 9.50 Å². The largest absolute Gasteiger partial charge is 0.366 e. The summed E-state index contributed by atoms with van der Waals surface area (Å²) in [5.41, 5.74) is 5.34. The fourth-order valence-electron chi connectivity index (χ4n) is 2.68. The predicted octanol–water partition coefficient (Wildman–Crippen LogP) is 4.94. The normalized spacial score (nSPS) is 10.6. The van der Waals surface area contributed by atoms with Crippen molar-refractivity contribution in [1.29, 1.82) is 0 Å². The van der Waals surface area contributed by atoms with Gasteiger partial charge in [-0.3, -0.25) is 9.78 Å². The Morgan fingerprint density at radius 3 is 2.60 bits per heavy atom. The van der Waals surface area contributed by atoms with Gasteiger partial charge in [0.2, 0.25) is 0 Å². The highest BCUT2D eigenvalue weighted by molar-refractivity contribution is 5.78. The smallest absolute Gasteiger partial charge is 0.165 e. The molecule has 1 N–H and O–H groups in total. The molecular formula is C24H27N5O. The second-order valence-electron chi connectivity index (χ2n) is 7.49. The Hall–Kier alpha value is -3.54. The van der Waals surface area contributed by atoms with E-state index >= 15 is 0 Å². The molecule has 0 fully saturated rings. The summed E-state index contributed by atoms with van der Waals surface area (Å²) >= 11 is 0. The van der Waals surface area contributed by atoms with Crippen LogP contribution in [0.2, 0.25) is 0 Å². The third-order valence-electron chi connectivity index (χ3n) is 4.71. The van der Waals surface area contributed by atoms with Gasteiger partial charge in [-0.15, -0.1) is 0 Å². The Bertz CT molecular complexity index is 1120. The van der Waals surface area contributed by atoms with Gasteiger partial charge in [-0.1, -0.05) is 49.7 Å². The van der Waals surface area contributed by atoms with E-state index in [0.29, 0.717) is 6.54 Å². The number of carbonyl (C=O) groups is 1. The number of carbonyl (C=O) groups excluding carboxylic acids is 1. The van der Waals surface area contributed by atoms with Crippen LogP contribution in [0.5, 0.6) is 0 Å². The summed E-state index contributed by atoms with van der Waals surface area (Å²) in [5.74, 6) is 1.29. The average Bonchev–Trinajstić information content (AvgIpc) is 3.17. The van der Waals surface area contributed by atoms with Gasteiger partial charge in [0.05, 0.1) is 6.20 Å². The van der Waals surface area contributed by atoms with Gasteiger partial charge in [0.1, 0.15) is 11.6 Å². The second kappa shape index (κ2) is 9.78. The minimum atomic E-state index is 0.213. The summed E-state index contributed by atoms with van der Waals surface area (Å²) in [4.78, 5) is 19.0. The average molecular weight is 402 g/mol. The highest BCUT2D eigenvalue weighted by Gasteiger charge is 2.09. The maximum Gasteiger partial charge on any atom is 0.165 e. The highest BCUT2D eigenvalue weighted by Crippen LogP contribution is 2.24. The molecule has 3 aromatic heterocycles. The summed E-state index contributed by atoms with van der Waals surface area (Å²) in [5, 5.41) is 7.74. The predicted molar refractivity (Wildman–Crippen MR) is 120 cm³/mol. The van der Waals surface area contributed by atoms with Gasteiger partial charge in [0.15, 0.2) is 5.65 Å². The Kier molecular flexibility index (Phi) is 6.91. The lowest BCUT2D eigenvalue weighted by Crippen LogP contribution is -2.03.